The largest absolute Gasteiger partial charge is 0.497 e. The van der Waals surface area contributed by atoms with Gasteiger partial charge in [0, 0.05) is 30.1 Å². The van der Waals surface area contributed by atoms with Crippen LogP contribution in [0.2, 0.25) is 10.0 Å². The molecule has 0 saturated carbocycles. The summed E-state index contributed by atoms with van der Waals surface area (Å²) < 4.78 is 5.25. The van der Waals surface area contributed by atoms with Gasteiger partial charge in [0.15, 0.2) is 5.16 Å². The van der Waals surface area contributed by atoms with Crippen molar-refractivity contribution in [3.63, 3.8) is 0 Å². The molecule has 3 aromatic carbocycles. The van der Waals surface area contributed by atoms with Crippen LogP contribution in [0.25, 0.3) is 16.1 Å². The quantitative estimate of drug-likeness (QED) is 0.0727. The molecule has 0 bridgehead atoms. The van der Waals surface area contributed by atoms with Crippen molar-refractivity contribution in [3.05, 3.63) is 114 Å². The molecule has 0 atom stereocenters. The molecule has 0 spiro atoms. The van der Waals surface area contributed by atoms with Crippen LogP contribution in [0, 0.1) is 16.7 Å². The van der Waals surface area contributed by atoms with Crippen LogP contribution in [0.5, 0.6) is 5.75 Å². The lowest BCUT2D eigenvalue weighted by Gasteiger charge is -2.11. The number of nitrogens with one attached hydrogen (secondary N) is 2. The Bertz CT molecular complexity index is 1620. The highest BCUT2D eigenvalue weighted by atomic mass is 35.5. The number of halogens is 2. The summed E-state index contributed by atoms with van der Waals surface area (Å²) in [4.78, 5) is 34.2. The van der Waals surface area contributed by atoms with E-state index in [1.807, 2.05) is 6.07 Å². The number of ether oxygens (including phenoxy) is 1. The molecule has 0 amide bonds. The first-order valence-corrected chi connectivity index (χ1v) is 12.8. The Balaban J connectivity index is 1.58. The van der Waals surface area contributed by atoms with Gasteiger partial charge in [-0.25, -0.2) is 9.83 Å². The average molecular weight is 568 g/mol. The van der Waals surface area contributed by atoms with Crippen LogP contribution in [-0.4, -0.2) is 22.0 Å². The minimum atomic E-state index is -0.571. The summed E-state index contributed by atoms with van der Waals surface area (Å²) in [5.74, 6) is 0.841. The Morgan fingerprint density at radius 1 is 1.13 bits per heavy atom. The molecule has 192 valence electrons. The third kappa shape index (κ3) is 6.44. The normalized spacial score (nSPS) is 10.6. The van der Waals surface area contributed by atoms with Crippen LogP contribution >= 0.6 is 35.0 Å². The Kier molecular flexibility index (Phi) is 8.53. The van der Waals surface area contributed by atoms with Crippen LogP contribution in [-0.2, 0) is 12.3 Å². The van der Waals surface area contributed by atoms with Crippen molar-refractivity contribution in [1.29, 1.82) is 0 Å². The third-order valence-electron chi connectivity index (χ3n) is 5.37. The van der Waals surface area contributed by atoms with Gasteiger partial charge in [-0.1, -0.05) is 53.2 Å². The molecule has 9 nitrogen and oxygen atoms in total. The van der Waals surface area contributed by atoms with Crippen molar-refractivity contribution in [2.24, 2.45) is 0 Å². The van der Waals surface area contributed by atoms with Gasteiger partial charge in [-0.3, -0.25) is 14.9 Å². The number of hydrogen-bond donors (Lipinski definition) is 2. The zero-order valence-corrected chi connectivity index (χ0v) is 22.2. The molecule has 1 aromatic heterocycles. The first-order valence-electron chi connectivity index (χ1n) is 11.0. The Morgan fingerprint density at radius 3 is 2.66 bits per heavy atom. The maximum atomic E-state index is 12.6. The van der Waals surface area contributed by atoms with Gasteiger partial charge >= 0.3 is 0 Å². The summed E-state index contributed by atoms with van der Waals surface area (Å²) in [6.45, 7) is 7.81. The summed E-state index contributed by atoms with van der Waals surface area (Å²) in [6.07, 6.45) is 0. The van der Waals surface area contributed by atoms with Crippen LogP contribution < -0.4 is 15.6 Å². The van der Waals surface area contributed by atoms with Crippen molar-refractivity contribution in [3.8, 4) is 17.0 Å². The minimum Gasteiger partial charge on any atom is -0.497 e. The standard InChI is InChI=1S/C26H19Cl2N5O4S/c1-29-24-23(17-4-3-5-20(11-17)37-2)31-26(32-25(24)34)38-14-16-8-18(12-19(9-16)33(35)36)30-13-15-6-7-21(27)22(28)10-15/h3-12,30H,13-14H2,2H3,(H,31,32,34). The topological polar surface area (TPSA) is 115 Å². The number of nitrogens with zero attached hydrogens (tertiary/aromatic N) is 3. The molecule has 0 radical (unpaired) electrons. The maximum absolute atomic E-state index is 12.6. The lowest BCUT2D eigenvalue weighted by molar-refractivity contribution is -0.384. The van der Waals surface area contributed by atoms with E-state index < -0.39 is 10.5 Å². The summed E-state index contributed by atoms with van der Waals surface area (Å²) in [7, 11) is 1.52. The Morgan fingerprint density at radius 2 is 1.95 bits per heavy atom. The monoisotopic (exact) mass is 567 g/mol. The third-order valence-corrected chi connectivity index (χ3v) is 7.06. The number of anilines is 1. The number of aromatic amines is 1. The molecule has 0 aliphatic heterocycles. The van der Waals surface area contributed by atoms with Gasteiger partial charge in [-0.2, -0.15) is 0 Å². The average Bonchev–Trinajstić information content (AvgIpc) is 2.92. The van der Waals surface area contributed by atoms with E-state index in [0.29, 0.717) is 39.2 Å². The van der Waals surface area contributed by atoms with Crippen LogP contribution in [0.1, 0.15) is 11.1 Å². The fourth-order valence-corrected chi connectivity index (χ4v) is 4.67. The first kappa shape index (κ1) is 27.0. The van der Waals surface area contributed by atoms with E-state index in [1.165, 1.54) is 31.0 Å². The molecule has 2 N–H and O–H groups in total. The smallest absolute Gasteiger partial charge is 0.276 e. The van der Waals surface area contributed by atoms with Crippen LogP contribution in [0.3, 0.4) is 0 Å². The van der Waals surface area contributed by atoms with E-state index in [0.717, 1.165) is 5.56 Å². The van der Waals surface area contributed by atoms with Crippen LogP contribution in [0.15, 0.2) is 70.6 Å². The number of nitro benzene ring substituents is 1. The number of rotatable bonds is 9. The maximum Gasteiger partial charge on any atom is 0.276 e. The van der Waals surface area contributed by atoms with Gasteiger partial charge in [-0.15, -0.1) is 0 Å². The molecular formula is C26H19Cl2N5O4S. The number of nitro groups is 1. The van der Waals surface area contributed by atoms with Crippen molar-refractivity contribution in [1.82, 2.24) is 9.97 Å². The molecule has 0 aliphatic rings. The molecule has 4 aromatic rings. The van der Waals surface area contributed by atoms with Crippen molar-refractivity contribution >= 4 is 52.0 Å². The molecule has 12 heteroatoms. The predicted octanol–water partition coefficient (Wildman–Crippen LogP) is 7.12. The summed E-state index contributed by atoms with van der Waals surface area (Å²) in [5.41, 5.74) is 2.05. The molecular weight excluding hydrogens is 549 g/mol. The molecule has 0 saturated heterocycles. The molecule has 0 fully saturated rings. The Hall–Kier alpha value is -4.04. The van der Waals surface area contributed by atoms with E-state index in [2.05, 4.69) is 20.1 Å². The van der Waals surface area contributed by atoms with E-state index in [-0.39, 0.29) is 28.0 Å². The van der Waals surface area contributed by atoms with E-state index in [9.17, 15) is 14.9 Å². The number of aromatic nitrogens is 2. The second kappa shape index (κ2) is 12.0. The summed E-state index contributed by atoms with van der Waals surface area (Å²) in [6, 6.07) is 16.8. The SMILES string of the molecule is [C-]#[N+]c1c(-c2cccc(OC)c2)nc(SCc2cc(NCc3ccc(Cl)c(Cl)c3)cc([N+](=O)[O-])c2)[nH]c1=O. The van der Waals surface area contributed by atoms with Gasteiger partial charge in [0.2, 0.25) is 0 Å². The lowest BCUT2D eigenvalue weighted by atomic mass is 10.1. The first-order chi connectivity index (χ1) is 18.3. The zero-order chi connectivity index (χ0) is 27.2. The number of H-pyrrole nitrogens is 1. The number of benzene rings is 3. The van der Waals surface area contributed by atoms with Gasteiger partial charge in [-0.05, 0) is 47.0 Å². The molecule has 1 heterocycles. The lowest BCUT2D eigenvalue weighted by Crippen LogP contribution is -2.09. The van der Waals surface area contributed by atoms with E-state index in [4.69, 9.17) is 34.5 Å². The second-order valence-corrected chi connectivity index (χ2v) is 9.73. The van der Waals surface area contributed by atoms with Gasteiger partial charge in [0.25, 0.3) is 16.9 Å². The highest BCUT2D eigenvalue weighted by Gasteiger charge is 2.16. The fourth-order valence-electron chi connectivity index (χ4n) is 3.56. The highest BCUT2D eigenvalue weighted by Crippen LogP contribution is 2.31. The second-order valence-electron chi connectivity index (χ2n) is 7.95. The van der Waals surface area contributed by atoms with Crippen molar-refractivity contribution in [2.75, 3.05) is 12.4 Å². The Labute approximate surface area is 231 Å². The highest BCUT2D eigenvalue weighted by molar-refractivity contribution is 7.98. The van der Waals surface area contributed by atoms with Crippen molar-refractivity contribution in [2.45, 2.75) is 17.5 Å². The van der Waals surface area contributed by atoms with E-state index >= 15 is 0 Å². The van der Waals surface area contributed by atoms with Crippen LogP contribution in [0.4, 0.5) is 17.1 Å². The molecule has 4 rings (SSSR count). The number of hydrogen-bond acceptors (Lipinski definition) is 7. The summed E-state index contributed by atoms with van der Waals surface area (Å²) >= 11 is 13.2. The molecule has 38 heavy (non-hydrogen) atoms. The summed E-state index contributed by atoms with van der Waals surface area (Å²) in [5, 5.41) is 15.9. The fraction of sp³-hybridized carbons (Fsp3) is 0.115. The number of methoxy groups -OCH3 is 1. The number of non-ortho nitro benzene ring substituents is 1. The van der Waals surface area contributed by atoms with Gasteiger partial charge < -0.3 is 15.0 Å². The molecule has 0 aliphatic carbocycles. The van der Waals surface area contributed by atoms with Gasteiger partial charge in [0.05, 0.1) is 34.3 Å². The van der Waals surface area contributed by atoms with Gasteiger partial charge in [0.1, 0.15) is 5.75 Å². The minimum absolute atomic E-state index is 0.0818. The van der Waals surface area contributed by atoms with E-state index in [1.54, 1.807) is 42.5 Å². The number of thioether (sulfide) groups is 1. The zero-order valence-electron chi connectivity index (χ0n) is 19.8. The van der Waals surface area contributed by atoms with Crippen molar-refractivity contribution < 1.29 is 9.66 Å². The predicted molar refractivity (Wildman–Crippen MR) is 150 cm³/mol. The molecule has 0 unspecified atom stereocenters.